The van der Waals surface area contributed by atoms with Crippen molar-refractivity contribution in [2.45, 2.75) is 12.5 Å². The predicted octanol–water partition coefficient (Wildman–Crippen LogP) is 0.842. The zero-order valence-corrected chi connectivity index (χ0v) is 7.87. The molecule has 1 unspecified atom stereocenters. The Bertz CT molecular complexity index is 492. The third-order valence-electron chi connectivity index (χ3n) is 2.16. The Morgan fingerprint density at radius 3 is 3.07 bits per heavy atom. The van der Waals surface area contributed by atoms with E-state index >= 15 is 0 Å². The summed E-state index contributed by atoms with van der Waals surface area (Å²) in [4.78, 5) is 14.5. The van der Waals surface area contributed by atoms with Crippen molar-refractivity contribution < 1.29 is 15.0 Å². The van der Waals surface area contributed by atoms with E-state index in [1.165, 1.54) is 0 Å². The van der Waals surface area contributed by atoms with E-state index in [0.717, 1.165) is 5.65 Å². The van der Waals surface area contributed by atoms with Crippen molar-refractivity contribution in [3.05, 3.63) is 36.3 Å². The van der Waals surface area contributed by atoms with E-state index in [-0.39, 0.29) is 6.42 Å². The molecular weight excluding hydrogens is 196 g/mol. The number of hydrogen-bond acceptors (Lipinski definition) is 3. The second-order valence-electron chi connectivity index (χ2n) is 3.27. The number of pyridine rings is 1. The number of carboxylic acid groups (broad SMARTS) is 1. The molecule has 0 saturated carbocycles. The first-order chi connectivity index (χ1) is 7.16. The molecule has 0 aliphatic rings. The van der Waals surface area contributed by atoms with E-state index in [1.807, 2.05) is 0 Å². The van der Waals surface area contributed by atoms with Crippen molar-refractivity contribution in [2.75, 3.05) is 0 Å². The summed E-state index contributed by atoms with van der Waals surface area (Å²) < 4.78 is 1.74. The molecule has 2 aromatic rings. The first-order valence-electron chi connectivity index (χ1n) is 4.49. The van der Waals surface area contributed by atoms with Crippen LogP contribution >= 0.6 is 0 Å². The molecule has 0 amide bonds. The van der Waals surface area contributed by atoms with Gasteiger partial charge < -0.3 is 14.6 Å². The van der Waals surface area contributed by atoms with Gasteiger partial charge in [0.1, 0.15) is 5.65 Å². The number of aliphatic hydroxyl groups excluding tert-OH is 1. The fourth-order valence-corrected chi connectivity index (χ4v) is 1.42. The summed E-state index contributed by atoms with van der Waals surface area (Å²) in [6.45, 7) is 0. The van der Waals surface area contributed by atoms with Crippen LogP contribution in [0.5, 0.6) is 0 Å². The minimum atomic E-state index is -1.02. The Morgan fingerprint density at radius 1 is 1.53 bits per heavy atom. The summed E-state index contributed by atoms with van der Waals surface area (Å²) in [5.41, 5.74) is 1.34. The van der Waals surface area contributed by atoms with Crippen LogP contribution in [0.15, 0.2) is 30.7 Å². The number of hydrogen-bond donors (Lipinski definition) is 2. The van der Waals surface area contributed by atoms with Gasteiger partial charge in [0, 0.05) is 18.6 Å². The summed E-state index contributed by atoms with van der Waals surface area (Å²) in [7, 11) is 0. The number of fused-ring (bicyclic) bond motifs is 1. The molecule has 0 aliphatic carbocycles. The first kappa shape index (κ1) is 9.67. The molecule has 0 saturated heterocycles. The third kappa shape index (κ3) is 1.97. The van der Waals surface area contributed by atoms with Gasteiger partial charge in [-0.05, 0) is 11.6 Å². The van der Waals surface area contributed by atoms with Crippen LogP contribution in [0.1, 0.15) is 18.1 Å². The molecule has 15 heavy (non-hydrogen) atoms. The summed E-state index contributed by atoms with van der Waals surface area (Å²) in [5.74, 6) is -1.02. The van der Waals surface area contributed by atoms with Crippen LogP contribution in [-0.4, -0.2) is 25.6 Å². The Hall–Kier alpha value is -1.88. The van der Waals surface area contributed by atoms with Crippen LogP contribution < -0.4 is 0 Å². The highest BCUT2D eigenvalue weighted by atomic mass is 16.4. The van der Waals surface area contributed by atoms with E-state index in [0.29, 0.717) is 5.56 Å². The second-order valence-corrected chi connectivity index (χ2v) is 3.27. The number of aliphatic hydroxyl groups is 1. The number of aliphatic carboxylic acids is 1. The lowest BCUT2D eigenvalue weighted by Crippen LogP contribution is -2.06. The monoisotopic (exact) mass is 206 g/mol. The molecule has 0 radical (unpaired) electrons. The number of aromatic nitrogens is 2. The molecule has 78 valence electrons. The van der Waals surface area contributed by atoms with Crippen molar-refractivity contribution >= 4 is 11.6 Å². The predicted molar refractivity (Wildman–Crippen MR) is 52.4 cm³/mol. The molecule has 0 fully saturated rings. The highest BCUT2D eigenvalue weighted by Crippen LogP contribution is 2.16. The van der Waals surface area contributed by atoms with Crippen LogP contribution in [0.3, 0.4) is 0 Å². The highest BCUT2D eigenvalue weighted by Gasteiger charge is 2.12. The fourth-order valence-electron chi connectivity index (χ4n) is 1.42. The summed E-state index contributed by atoms with van der Waals surface area (Å²) in [6.07, 6.45) is 3.79. The lowest BCUT2D eigenvalue weighted by molar-refractivity contribution is -0.139. The van der Waals surface area contributed by atoms with E-state index in [2.05, 4.69) is 4.98 Å². The van der Waals surface area contributed by atoms with Gasteiger partial charge in [-0.2, -0.15) is 0 Å². The standard InChI is InChI=1S/C10H10N2O3/c13-8(5-10(14)15)7-1-2-9-11-3-4-12(9)6-7/h1-4,6,8,13H,5H2,(H,14,15). The number of carboxylic acids is 1. The van der Waals surface area contributed by atoms with Crippen molar-refractivity contribution in [1.29, 1.82) is 0 Å². The minimum Gasteiger partial charge on any atom is -0.481 e. The summed E-state index contributed by atoms with van der Waals surface area (Å²) in [6, 6.07) is 3.41. The number of nitrogens with zero attached hydrogens (tertiary/aromatic N) is 2. The van der Waals surface area contributed by atoms with Gasteiger partial charge in [-0.25, -0.2) is 4.98 Å². The van der Waals surface area contributed by atoms with Crippen molar-refractivity contribution in [1.82, 2.24) is 9.38 Å². The Labute approximate surface area is 85.6 Å². The van der Waals surface area contributed by atoms with Gasteiger partial charge in [0.05, 0.1) is 12.5 Å². The molecule has 0 bridgehead atoms. The molecule has 0 aromatic carbocycles. The largest absolute Gasteiger partial charge is 0.481 e. The number of rotatable bonds is 3. The van der Waals surface area contributed by atoms with E-state index in [1.54, 1.807) is 35.1 Å². The van der Waals surface area contributed by atoms with Gasteiger partial charge in [0.2, 0.25) is 0 Å². The van der Waals surface area contributed by atoms with Crippen molar-refractivity contribution in [3.63, 3.8) is 0 Å². The quantitative estimate of drug-likeness (QED) is 0.780. The maximum atomic E-state index is 10.4. The van der Waals surface area contributed by atoms with Gasteiger partial charge in [-0.1, -0.05) is 6.07 Å². The van der Waals surface area contributed by atoms with Crippen LogP contribution in [-0.2, 0) is 4.79 Å². The van der Waals surface area contributed by atoms with Gasteiger partial charge >= 0.3 is 5.97 Å². The van der Waals surface area contributed by atoms with Crippen molar-refractivity contribution in [3.8, 4) is 0 Å². The maximum Gasteiger partial charge on any atom is 0.306 e. The SMILES string of the molecule is O=C(O)CC(O)c1ccc2nccn2c1. The zero-order chi connectivity index (χ0) is 10.8. The Kier molecular flexibility index (Phi) is 2.39. The van der Waals surface area contributed by atoms with Gasteiger partial charge in [0.15, 0.2) is 0 Å². The van der Waals surface area contributed by atoms with E-state index in [4.69, 9.17) is 5.11 Å². The molecule has 5 nitrogen and oxygen atoms in total. The first-order valence-corrected chi connectivity index (χ1v) is 4.49. The molecular formula is C10H10N2O3. The van der Waals surface area contributed by atoms with Crippen molar-refractivity contribution in [2.24, 2.45) is 0 Å². The fraction of sp³-hybridized carbons (Fsp3) is 0.200. The van der Waals surface area contributed by atoms with Gasteiger partial charge in [0.25, 0.3) is 0 Å². The normalized spacial score (nSPS) is 12.9. The second kappa shape index (κ2) is 3.70. The lowest BCUT2D eigenvalue weighted by atomic mass is 10.1. The molecule has 2 aromatic heterocycles. The Balaban J connectivity index is 2.30. The molecule has 0 spiro atoms. The maximum absolute atomic E-state index is 10.4. The Morgan fingerprint density at radius 2 is 2.33 bits per heavy atom. The lowest BCUT2D eigenvalue weighted by Gasteiger charge is -2.08. The highest BCUT2D eigenvalue weighted by molar-refractivity contribution is 5.67. The summed E-state index contributed by atoms with van der Waals surface area (Å²) in [5, 5.41) is 18.1. The molecule has 2 heterocycles. The number of carbonyl (C=O) groups is 1. The molecule has 1 atom stereocenters. The van der Waals surface area contributed by atoms with Crippen LogP contribution in [0.2, 0.25) is 0 Å². The van der Waals surface area contributed by atoms with E-state index < -0.39 is 12.1 Å². The molecule has 2 N–H and O–H groups in total. The molecule has 5 heteroatoms. The van der Waals surface area contributed by atoms with Crippen LogP contribution in [0.4, 0.5) is 0 Å². The average Bonchev–Trinajstić information content (AvgIpc) is 2.62. The topological polar surface area (TPSA) is 74.8 Å². The van der Waals surface area contributed by atoms with E-state index in [9.17, 15) is 9.90 Å². The van der Waals surface area contributed by atoms with Crippen LogP contribution in [0.25, 0.3) is 5.65 Å². The average molecular weight is 206 g/mol. The minimum absolute atomic E-state index is 0.291. The van der Waals surface area contributed by atoms with Crippen LogP contribution in [0, 0.1) is 0 Å². The zero-order valence-electron chi connectivity index (χ0n) is 7.87. The smallest absolute Gasteiger partial charge is 0.306 e. The summed E-state index contributed by atoms with van der Waals surface area (Å²) >= 11 is 0. The molecule has 2 rings (SSSR count). The third-order valence-corrected chi connectivity index (χ3v) is 2.16. The van der Waals surface area contributed by atoms with Gasteiger partial charge in [-0.15, -0.1) is 0 Å². The van der Waals surface area contributed by atoms with Gasteiger partial charge in [-0.3, -0.25) is 4.79 Å². The number of imidazole rings is 1. The molecule has 0 aliphatic heterocycles.